The second kappa shape index (κ2) is 4.25. The molecule has 1 aliphatic heterocycles. The van der Waals surface area contributed by atoms with E-state index in [1.807, 2.05) is 18.2 Å². The molecule has 1 aliphatic rings. The number of benzene rings is 1. The Bertz CT molecular complexity index is 517. The minimum atomic E-state index is 0.246. The first-order valence-corrected chi connectivity index (χ1v) is 5.86. The van der Waals surface area contributed by atoms with Gasteiger partial charge in [0.15, 0.2) is 11.4 Å². The normalized spacial score (nSPS) is 17.4. The number of hydrogen-bond donors (Lipinski definition) is 2. The lowest BCUT2D eigenvalue weighted by molar-refractivity contribution is 0.164. The monoisotopic (exact) mass is 233 g/mol. The number of nitrogens with two attached hydrogens (primary N) is 1. The number of piperidine rings is 1. The van der Waals surface area contributed by atoms with Crippen molar-refractivity contribution in [3.05, 3.63) is 18.2 Å². The largest absolute Gasteiger partial charge is 0.489 e. The Morgan fingerprint density at radius 3 is 3.00 bits per heavy atom. The minimum Gasteiger partial charge on any atom is -0.489 e. The highest BCUT2D eigenvalue weighted by atomic mass is 16.5. The molecule has 2 aromatic rings. The van der Waals surface area contributed by atoms with Gasteiger partial charge >= 0.3 is 0 Å². The van der Waals surface area contributed by atoms with Gasteiger partial charge in [-0.15, -0.1) is 0 Å². The third-order valence-corrected chi connectivity index (χ3v) is 3.07. The van der Waals surface area contributed by atoms with E-state index in [4.69, 9.17) is 15.0 Å². The topological polar surface area (TPSA) is 73.3 Å². The molecule has 0 aliphatic carbocycles. The summed E-state index contributed by atoms with van der Waals surface area (Å²) in [6.07, 6.45) is 2.28. The van der Waals surface area contributed by atoms with Crippen LogP contribution in [0.5, 0.6) is 5.75 Å². The summed E-state index contributed by atoms with van der Waals surface area (Å²) in [5, 5.41) is 7.85. The first-order chi connectivity index (χ1) is 8.34. The number of fused-ring (bicyclic) bond motifs is 1. The van der Waals surface area contributed by atoms with Crippen LogP contribution in [0.25, 0.3) is 11.0 Å². The SMILES string of the molecule is Nc1noc2cccc(OC3CCNCC3)c12. The molecular weight excluding hydrogens is 218 g/mol. The van der Waals surface area contributed by atoms with E-state index in [2.05, 4.69) is 10.5 Å². The van der Waals surface area contributed by atoms with Crippen molar-refractivity contribution in [1.82, 2.24) is 10.5 Å². The lowest BCUT2D eigenvalue weighted by atomic mass is 10.1. The average Bonchev–Trinajstić information content (AvgIpc) is 2.74. The highest BCUT2D eigenvalue weighted by Crippen LogP contribution is 2.31. The van der Waals surface area contributed by atoms with Crippen LogP contribution < -0.4 is 15.8 Å². The zero-order chi connectivity index (χ0) is 11.7. The summed E-state index contributed by atoms with van der Waals surface area (Å²) >= 11 is 0. The van der Waals surface area contributed by atoms with Gasteiger partial charge in [0.05, 0.1) is 0 Å². The molecule has 5 heteroatoms. The van der Waals surface area contributed by atoms with Gasteiger partial charge in [-0.05, 0) is 38.1 Å². The van der Waals surface area contributed by atoms with Gasteiger partial charge in [0, 0.05) is 0 Å². The molecular formula is C12H15N3O2. The molecule has 0 saturated carbocycles. The van der Waals surface area contributed by atoms with Crippen molar-refractivity contribution in [3.63, 3.8) is 0 Å². The summed E-state index contributed by atoms with van der Waals surface area (Å²) in [6.45, 7) is 2.00. The quantitative estimate of drug-likeness (QED) is 0.823. The van der Waals surface area contributed by atoms with Crippen LogP contribution in [0.15, 0.2) is 22.7 Å². The van der Waals surface area contributed by atoms with Crippen LogP contribution in [-0.4, -0.2) is 24.4 Å². The van der Waals surface area contributed by atoms with Crippen LogP contribution in [0.2, 0.25) is 0 Å². The standard InChI is InChI=1S/C12H15N3O2/c13-12-11-9(2-1-3-10(11)17-15-12)16-8-4-6-14-7-5-8/h1-3,8,14H,4-7H2,(H2,13,15). The van der Waals surface area contributed by atoms with Crippen molar-refractivity contribution in [2.75, 3.05) is 18.8 Å². The first kappa shape index (κ1) is 10.4. The van der Waals surface area contributed by atoms with Crippen LogP contribution in [0.3, 0.4) is 0 Å². The van der Waals surface area contributed by atoms with Crippen LogP contribution in [-0.2, 0) is 0 Å². The number of ether oxygens (including phenoxy) is 1. The van der Waals surface area contributed by atoms with Gasteiger partial charge in [-0.1, -0.05) is 11.2 Å². The van der Waals surface area contributed by atoms with Crippen molar-refractivity contribution in [2.45, 2.75) is 18.9 Å². The van der Waals surface area contributed by atoms with Gasteiger partial charge in [-0.3, -0.25) is 0 Å². The molecule has 0 spiro atoms. The smallest absolute Gasteiger partial charge is 0.178 e. The molecule has 0 unspecified atom stereocenters. The predicted octanol–water partition coefficient (Wildman–Crippen LogP) is 1.54. The van der Waals surface area contributed by atoms with Crippen LogP contribution in [0.1, 0.15) is 12.8 Å². The van der Waals surface area contributed by atoms with E-state index in [1.54, 1.807) is 0 Å². The van der Waals surface area contributed by atoms with E-state index >= 15 is 0 Å². The highest BCUT2D eigenvalue weighted by molar-refractivity contribution is 5.92. The Balaban J connectivity index is 1.91. The number of nitrogens with one attached hydrogen (secondary N) is 1. The summed E-state index contributed by atoms with van der Waals surface area (Å²) < 4.78 is 11.1. The molecule has 0 atom stereocenters. The molecule has 3 rings (SSSR count). The van der Waals surface area contributed by atoms with Crippen LogP contribution in [0, 0.1) is 0 Å². The maximum Gasteiger partial charge on any atom is 0.178 e. The fourth-order valence-corrected chi connectivity index (χ4v) is 2.17. The Hall–Kier alpha value is -1.75. The molecule has 3 N–H and O–H groups in total. The van der Waals surface area contributed by atoms with Crippen molar-refractivity contribution in [2.24, 2.45) is 0 Å². The highest BCUT2D eigenvalue weighted by Gasteiger charge is 2.17. The molecule has 1 fully saturated rings. The minimum absolute atomic E-state index is 0.246. The number of aromatic nitrogens is 1. The maximum atomic E-state index is 5.99. The molecule has 5 nitrogen and oxygen atoms in total. The fourth-order valence-electron chi connectivity index (χ4n) is 2.17. The summed E-state index contributed by atoms with van der Waals surface area (Å²) in [6, 6.07) is 5.65. The van der Waals surface area contributed by atoms with E-state index in [0.29, 0.717) is 11.4 Å². The average molecular weight is 233 g/mol. The summed E-state index contributed by atoms with van der Waals surface area (Å²) in [7, 11) is 0. The second-order valence-electron chi connectivity index (χ2n) is 4.26. The van der Waals surface area contributed by atoms with E-state index in [9.17, 15) is 0 Å². The van der Waals surface area contributed by atoms with Gasteiger partial charge in [0.25, 0.3) is 0 Å². The molecule has 1 aromatic carbocycles. The lowest BCUT2D eigenvalue weighted by Gasteiger charge is -2.24. The molecule has 1 saturated heterocycles. The number of nitrogen functional groups attached to an aromatic ring is 1. The zero-order valence-corrected chi connectivity index (χ0v) is 9.48. The molecule has 2 heterocycles. The molecule has 0 amide bonds. The van der Waals surface area contributed by atoms with Crippen molar-refractivity contribution in [3.8, 4) is 5.75 Å². The Kier molecular flexibility index (Phi) is 2.60. The Labute approximate surface area is 98.9 Å². The van der Waals surface area contributed by atoms with E-state index < -0.39 is 0 Å². The Morgan fingerprint density at radius 2 is 2.18 bits per heavy atom. The molecule has 0 bridgehead atoms. The summed E-state index contributed by atoms with van der Waals surface area (Å²) in [4.78, 5) is 0. The van der Waals surface area contributed by atoms with Crippen molar-refractivity contribution in [1.29, 1.82) is 0 Å². The maximum absolute atomic E-state index is 5.99. The van der Waals surface area contributed by atoms with Gasteiger partial charge in [-0.25, -0.2) is 0 Å². The summed E-state index contributed by atoms with van der Waals surface area (Å²) in [5.74, 6) is 1.16. The lowest BCUT2D eigenvalue weighted by Crippen LogP contribution is -2.34. The van der Waals surface area contributed by atoms with E-state index in [-0.39, 0.29) is 6.10 Å². The van der Waals surface area contributed by atoms with Gasteiger partial charge < -0.3 is 20.3 Å². The second-order valence-corrected chi connectivity index (χ2v) is 4.26. The fraction of sp³-hybridized carbons (Fsp3) is 0.417. The molecule has 1 aromatic heterocycles. The van der Waals surface area contributed by atoms with E-state index in [0.717, 1.165) is 37.1 Å². The first-order valence-electron chi connectivity index (χ1n) is 5.86. The third-order valence-electron chi connectivity index (χ3n) is 3.07. The number of rotatable bonds is 2. The van der Waals surface area contributed by atoms with Crippen molar-refractivity contribution >= 4 is 16.8 Å². The van der Waals surface area contributed by atoms with Crippen molar-refractivity contribution < 1.29 is 9.26 Å². The number of anilines is 1. The van der Waals surface area contributed by atoms with Gasteiger partial charge in [0.2, 0.25) is 0 Å². The molecule has 0 radical (unpaired) electrons. The third kappa shape index (κ3) is 1.93. The van der Waals surface area contributed by atoms with Gasteiger partial charge in [0.1, 0.15) is 17.2 Å². The summed E-state index contributed by atoms with van der Waals surface area (Å²) in [5.41, 5.74) is 6.46. The van der Waals surface area contributed by atoms with E-state index in [1.165, 1.54) is 0 Å². The van der Waals surface area contributed by atoms with Gasteiger partial charge in [-0.2, -0.15) is 0 Å². The zero-order valence-electron chi connectivity index (χ0n) is 9.48. The Morgan fingerprint density at radius 1 is 1.35 bits per heavy atom. The predicted molar refractivity (Wildman–Crippen MR) is 64.9 cm³/mol. The number of nitrogens with zero attached hydrogens (tertiary/aromatic N) is 1. The van der Waals surface area contributed by atoms with Crippen LogP contribution >= 0.6 is 0 Å². The molecule has 90 valence electrons. The molecule has 17 heavy (non-hydrogen) atoms. The van der Waals surface area contributed by atoms with Crippen LogP contribution in [0.4, 0.5) is 5.82 Å². The number of hydrogen-bond acceptors (Lipinski definition) is 5.